The summed E-state index contributed by atoms with van der Waals surface area (Å²) in [4.78, 5) is 3.84. The van der Waals surface area contributed by atoms with Gasteiger partial charge in [-0.2, -0.15) is 18.3 Å². The third-order valence-electron chi connectivity index (χ3n) is 2.82. The van der Waals surface area contributed by atoms with E-state index in [0.717, 1.165) is 6.07 Å². The van der Waals surface area contributed by atoms with Crippen LogP contribution in [0.4, 0.5) is 13.2 Å². The molecular weight excluding hydrogens is 255 g/mol. The quantitative estimate of drug-likeness (QED) is 0.673. The first kappa shape index (κ1) is 11.7. The molecule has 6 heteroatoms. The van der Waals surface area contributed by atoms with E-state index < -0.39 is 11.7 Å². The van der Waals surface area contributed by atoms with Gasteiger partial charge in [-0.3, -0.25) is 0 Å². The molecule has 2 aromatic heterocycles. The SMILES string of the molecule is FC(F)(F)c1ccccc1-c1cc2cncnn2c1. The molecule has 3 aromatic rings. The van der Waals surface area contributed by atoms with Crippen LogP contribution in [0, 0.1) is 0 Å². The fourth-order valence-corrected chi connectivity index (χ4v) is 1.99. The normalized spacial score (nSPS) is 11.9. The number of halogens is 3. The van der Waals surface area contributed by atoms with Gasteiger partial charge in [0.05, 0.1) is 17.3 Å². The molecule has 0 spiro atoms. The Bertz CT molecular complexity index is 698. The van der Waals surface area contributed by atoms with Crippen LogP contribution in [0.15, 0.2) is 49.1 Å². The van der Waals surface area contributed by atoms with Crippen LogP contribution in [0.3, 0.4) is 0 Å². The topological polar surface area (TPSA) is 30.2 Å². The van der Waals surface area contributed by atoms with E-state index >= 15 is 0 Å². The average Bonchev–Trinajstić information content (AvgIpc) is 2.81. The summed E-state index contributed by atoms with van der Waals surface area (Å²) >= 11 is 0. The fourth-order valence-electron chi connectivity index (χ4n) is 1.99. The third-order valence-corrected chi connectivity index (χ3v) is 2.82. The van der Waals surface area contributed by atoms with E-state index in [9.17, 15) is 13.2 Å². The molecule has 2 heterocycles. The second kappa shape index (κ2) is 4.08. The van der Waals surface area contributed by atoms with Crippen molar-refractivity contribution in [3.8, 4) is 11.1 Å². The average molecular weight is 263 g/mol. The van der Waals surface area contributed by atoms with Gasteiger partial charge in [0.2, 0.25) is 0 Å². The van der Waals surface area contributed by atoms with Crippen molar-refractivity contribution >= 4 is 5.52 Å². The number of fused-ring (bicyclic) bond motifs is 1. The zero-order chi connectivity index (χ0) is 13.5. The lowest BCUT2D eigenvalue weighted by Crippen LogP contribution is -2.06. The van der Waals surface area contributed by atoms with Gasteiger partial charge >= 0.3 is 6.18 Å². The first-order valence-corrected chi connectivity index (χ1v) is 5.51. The highest BCUT2D eigenvalue weighted by atomic mass is 19.4. The Hall–Kier alpha value is -2.37. The Balaban J connectivity index is 2.22. The second-order valence-electron chi connectivity index (χ2n) is 4.05. The minimum absolute atomic E-state index is 0.139. The molecular formula is C13H8F3N3. The van der Waals surface area contributed by atoms with Crippen molar-refractivity contribution in [1.29, 1.82) is 0 Å². The van der Waals surface area contributed by atoms with Crippen molar-refractivity contribution in [2.45, 2.75) is 6.18 Å². The molecule has 0 saturated carbocycles. The summed E-state index contributed by atoms with van der Waals surface area (Å²) in [6.07, 6.45) is 0.0666. The second-order valence-corrected chi connectivity index (χ2v) is 4.05. The van der Waals surface area contributed by atoms with Crippen LogP contribution in [-0.2, 0) is 6.18 Å². The van der Waals surface area contributed by atoms with Gasteiger partial charge in [0, 0.05) is 11.8 Å². The third kappa shape index (κ3) is 2.05. The molecule has 0 amide bonds. The van der Waals surface area contributed by atoms with E-state index in [1.54, 1.807) is 24.5 Å². The summed E-state index contributed by atoms with van der Waals surface area (Å²) in [6.45, 7) is 0. The van der Waals surface area contributed by atoms with E-state index in [2.05, 4.69) is 10.1 Å². The highest BCUT2D eigenvalue weighted by Gasteiger charge is 2.33. The molecule has 0 fully saturated rings. The van der Waals surface area contributed by atoms with Crippen molar-refractivity contribution in [3.05, 3.63) is 54.6 Å². The lowest BCUT2D eigenvalue weighted by Gasteiger charge is -2.11. The van der Waals surface area contributed by atoms with Crippen molar-refractivity contribution in [2.75, 3.05) is 0 Å². The molecule has 0 saturated heterocycles. The van der Waals surface area contributed by atoms with Crippen LogP contribution in [-0.4, -0.2) is 14.6 Å². The lowest BCUT2D eigenvalue weighted by atomic mass is 10.0. The molecule has 0 aliphatic carbocycles. The molecule has 3 nitrogen and oxygen atoms in total. The molecule has 0 radical (unpaired) electrons. The maximum Gasteiger partial charge on any atom is 0.417 e. The van der Waals surface area contributed by atoms with Crippen LogP contribution < -0.4 is 0 Å². The zero-order valence-corrected chi connectivity index (χ0v) is 9.59. The number of hydrogen-bond donors (Lipinski definition) is 0. The summed E-state index contributed by atoms with van der Waals surface area (Å²) in [7, 11) is 0. The molecule has 1 aromatic carbocycles. The van der Waals surface area contributed by atoms with Crippen LogP contribution in [0.2, 0.25) is 0 Å². The van der Waals surface area contributed by atoms with Crippen molar-refractivity contribution in [2.24, 2.45) is 0 Å². The van der Waals surface area contributed by atoms with Crippen LogP contribution in [0.25, 0.3) is 16.6 Å². The molecule has 19 heavy (non-hydrogen) atoms. The van der Waals surface area contributed by atoms with E-state index in [-0.39, 0.29) is 5.56 Å². The molecule has 96 valence electrons. The minimum atomic E-state index is -4.38. The smallest absolute Gasteiger partial charge is 0.241 e. The van der Waals surface area contributed by atoms with Crippen molar-refractivity contribution in [3.63, 3.8) is 0 Å². The summed E-state index contributed by atoms with van der Waals surface area (Å²) in [5.74, 6) is 0. The Morgan fingerprint density at radius 3 is 2.63 bits per heavy atom. The maximum atomic E-state index is 13.0. The number of benzene rings is 1. The van der Waals surface area contributed by atoms with Gasteiger partial charge in [-0.05, 0) is 17.7 Å². The monoisotopic (exact) mass is 263 g/mol. The lowest BCUT2D eigenvalue weighted by molar-refractivity contribution is -0.137. The highest BCUT2D eigenvalue weighted by Crippen LogP contribution is 2.37. The molecule has 0 unspecified atom stereocenters. The zero-order valence-electron chi connectivity index (χ0n) is 9.59. The summed E-state index contributed by atoms with van der Waals surface area (Å²) in [5.41, 5.74) is 0.599. The Morgan fingerprint density at radius 1 is 1.11 bits per heavy atom. The summed E-state index contributed by atoms with van der Waals surface area (Å²) in [6, 6.07) is 7.11. The molecule has 0 bridgehead atoms. The minimum Gasteiger partial charge on any atom is -0.241 e. The van der Waals surface area contributed by atoms with Gasteiger partial charge in [0.15, 0.2) is 0 Å². The standard InChI is InChI=1S/C13H8F3N3/c14-13(15,16)12-4-2-1-3-11(12)9-5-10-6-17-8-18-19(10)7-9/h1-8H. The van der Waals surface area contributed by atoms with Gasteiger partial charge in [0.1, 0.15) is 6.33 Å². The number of nitrogens with zero attached hydrogens (tertiary/aromatic N) is 3. The van der Waals surface area contributed by atoms with Crippen LogP contribution in [0.5, 0.6) is 0 Å². The van der Waals surface area contributed by atoms with Gasteiger partial charge in [-0.15, -0.1) is 0 Å². The first-order valence-electron chi connectivity index (χ1n) is 5.51. The molecule has 0 aliphatic rings. The number of hydrogen-bond acceptors (Lipinski definition) is 2. The predicted molar refractivity (Wildman–Crippen MR) is 63.4 cm³/mol. The number of rotatable bonds is 1. The summed E-state index contributed by atoms with van der Waals surface area (Å²) < 4.78 is 40.4. The molecule has 0 N–H and O–H groups in total. The van der Waals surface area contributed by atoms with Crippen molar-refractivity contribution in [1.82, 2.24) is 14.6 Å². The largest absolute Gasteiger partial charge is 0.417 e. The number of aromatic nitrogens is 3. The number of alkyl halides is 3. The first-order chi connectivity index (χ1) is 9.05. The maximum absolute atomic E-state index is 13.0. The Kier molecular flexibility index (Phi) is 2.51. The van der Waals surface area contributed by atoms with Gasteiger partial charge in [-0.1, -0.05) is 18.2 Å². The predicted octanol–water partition coefficient (Wildman–Crippen LogP) is 3.42. The van der Waals surface area contributed by atoms with Gasteiger partial charge in [0.25, 0.3) is 0 Å². The van der Waals surface area contributed by atoms with Crippen LogP contribution >= 0.6 is 0 Å². The molecule has 3 rings (SSSR count). The van der Waals surface area contributed by atoms with Crippen molar-refractivity contribution < 1.29 is 13.2 Å². The molecule has 0 atom stereocenters. The summed E-state index contributed by atoms with van der Waals surface area (Å²) in [5, 5.41) is 3.94. The van der Waals surface area contributed by atoms with Crippen LogP contribution in [0.1, 0.15) is 5.56 Å². The van der Waals surface area contributed by atoms with Gasteiger partial charge in [-0.25, -0.2) is 9.50 Å². The fraction of sp³-hybridized carbons (Fsp3) is 0.0769. The van der Waals surface area contributed by atoms with E-state index in [0.29, 0.717) is 11.1 Å². The van der Waals surface area contributed by atoms with E-state index in [4.69, 9.17) is 0 Å². The highest BCUT2D eigenvalue weighted by molar-refractivity contribution is 5.72. The van der Waals surface area contributed by atoms with E-state index in [1.807, 2.05) is 0 Å². The van der Waals surface area contributed by atoms with E-state index in [1.165, 1.54) is 23.0 Å². The van der Waals surface area contributed by atoms with Gasteiger partial charge < -0.3 is 0 Å². The molecule has 0 aliphatic heterocycles. The Labute approximate surface area is 106 Å². The Morgan fingerprint density at radius 2 is 1.89 bits per heavy atom.